The van der Waals surface area contributed by atoms with Crippen molar-refractivity contribution in [2.45, 2.75) is 232 Å². The number of esters is 2. The maximum atomic E-state index is 12.8. The minimum absolute atomic E-state index is 0.0249. The monoisotopic (exact) mass is 775 g/mol. The maximum Gasteiger partial charge on any atom is 0.306 e. The third kappa shape index (κ3) is 41.5. The number of unbranched alkanes of at least 4 members (excludes halogenated alkanes) is 22. The molecule has 1 atom stereocenters. The summed E-state index contributed by atoms with van der Waals surface area (Å²) in [6.45, 7) is 7.00. The molecule has 0 saturated heterocycles. The average Bonchev–Trinajstić information content (AvgIpc) is 3.18. The van der Waals surface area contributed by atoms with Crippen LogP contribution in [0.3, 0.4) is 0 Å². The highest BCUT2D eigenvalue weighted by molar-refractivity contribution is 5.78. The van der Waals surface area contributed by atoms with Gasteiger partial charge < -0.3 is 20.1 Å². The van der Waals surface area contributed by atoms with Crippen LogP contribution in [-0.2, 0) is 23.9 Å². The van der Waals surface area contributed by atoms with E-state index < -0.39 is 6.10 Å². The number of carbonyl (C=O) groups excluding carboxylic acids is 3. The molecular weight excluding hydrogens is 685 g/mol. The van der Waals surface area contributed by atoms with Crippen molar-refractivity contribution in [3.05, 3.63) is 24.3 Å². The normalized spacial score (nSPS) is 12.3. The van der Waals surface area contributed by atoms with Crippen molar-refractivity contribution < 1.29 is 23.9 Å². The molecule has 322 valence electrons. The molecule has 2 N–H and O–H groups in total. The molecule has 7 nitrogen and oxygen atoms in total. The summed E-state index contributed by atoms with van der Waals surface area (Å²) in [4.78, 5) is 40.2. The molecule has 0 bridgehead atoms. The maximum absolute atomic E-state index is 12.8. The summed E-state index contributed by atoms with van der Waals surface area (Å²) >= 11 is 0. The molecule has 0 aliphatic rings. The van der Waals surface area contributed by atoms with Gasteiger partial charge in [-0.1, -0.05) is 141 Å². The van der Waals surface area contributed by atoms with Crippen LogP contribution >= 0.6 is 0 Å². The number of hydrogen-bond acceptors (Lipinski definition) is 7. The molecule has 0 unspecified atom stereocenters. The van der Waals surface area contributed by atoms with Crippen LogP contribution < -0.4 is 5.73 Å². The van der Waals surface area contributed by atoms with E-state index in [9.17, 15) is 14.4 Å². The number of ketones is 1. The highest BCUT2D eigenvalue weighted by atomic mass is 16.6. The Kier molecular flexibility index (Phi) is 41.6. The lowest BCUT2D eigenvalue weighted by Gasteiger charge is -2.18. The Bertz CT molecular complexity index is 920. The van der Waals surface area contributed by atoms with Gasteiger partial charge in [-0.05, 0) is 110 Å². The van der Waals surface area contributed by atoms with Crippen LogP contribution in [0.25, 0.3) is 0 Å². The smallest absolute Gasteiger partial charge is 0.306 e. The van der Waals surface area contributed by atoms with Gasteiger partial charge in [0.1, 0.15) is 18.5 Å². The Morgan fingerprint density at radius 1 is 0.509 bits per heavy atom. The van der Waals surface area contributed by atoms with Gasteiger partial charge in [0, 0.05) is 25.7 Å². The Balaban J connectivity index is 4.34. The van der Waals surface area contributed by atoms with Crippen LogP contribution in [-0.4, -0.2) is 62.0 Å². The van der Waals surface area contributed by atoms with Crippen molar-refractivity contribution >= 4 is 17.7 Å². The lowest BCUT2D eigenvalue weighted by atomic mass is 10.1. The van der Waals surface area contributed by atoms with Gasteiger partial charge in [-0.2, -0.15) is 0 Å². The van der Waals surface area contributed by atoms with Crippen LogP contribution in [0.5, 0.6) is 0 Å². The van der Waals surface area contributed by atoms with Gasteiger partial charge in [0.2, 0.25) is 0 Å². The molecule has 0 aromatic heterocycles. The second kappa shape index (κ2) is 43.1. The molecule has 0 aromatic carbocycles. The van der Waals surface area contributed by atoms with E-state index in [0.29, 0.717) is 38.6 Å². The first-order valence-corrected chi connectivity index (χ1v) is 23.5. The second-order valence-corrected chi connectivity index (χ2v) is 16.1. The number of rotatable bonds is 43. The van der Waals surface area contributed by atoms with E-state index in [1.807, 2.05) is 0 Å². The van der Waals surface area contributed by atoms with Crippen molar-refractivity contribution in [1.82, 2.24) is 4.90 Å². The second-order valence-electron chi connectivity index (χ2n) is 16.1. The van der Waals surface area contributed by atoms with Gasteiger partial charge in [-0.15, -0.1) is 0 Å². The Morgan fingerprint density at radius 2 is 0.927 bits per heavy atom. The molecular formula is C48H90N2O5. The summed E-state index contributed by atoms with van der Waals surface area (Å²) in [5.74, 6) is -0.349. The zero-order valence-corrected chi connectivity index (χ0v) is 36.6. The molecule has 0 rings (SSSR count). The van der Waals surface area contributed by atoms with Crippen LogP contribution in [0, 0.1) is 0 Å². The van der Waals surface area contributed by atoms with Crippen molar-refractivity contribution in [3.8, 4) is 0 Å². The van der Waals surface area contributed by atoms with Crippen LogP contribution in [0.1, 0.15) is 226 Å². The van der Waals surface area contributed by atoms with Gasteiger partial charge in [-0.3, -0.25) is 14.4 Å². The molecule has 0 spiro atoms. The average molecular weight is 775 g/mol. The van der Waals surface area contributed by atoms with E-state index in [0.717, 1.165) is 77.3 Å². The Morgan fingerprint density at radius 3 is 1.40 bits per heavy atom. The van der Waals surface area contributed by atoms with Gasteiger partial charge in [0.15, 0.2) is 0 Å². The SMILES string of the molecule is CCCCCCCC/C=C\CCCCCCCC(=O)OC[C@H](CCC(=O)CCCN(C)CCCN)OC(=O)CCCCCCC/C=C\CCCCCCCC. The lowest BCUT2D eigenvalue weighted by Crippen LogP contribution is -2.26. The zero-order valence-electron chi connectivity index (χ0n) is 36.6. The molecule has 0 saturated carbocycles. The predicted molar refractivity (Wildman–Crippen MR) is 234 cm³/mol. The van der Waals surface area contributed by atoms with Gasteiger partial charge >= 0.3 is 11.9 Å². The first-order valence-electron chi connectivity index (χ1n) is 23.5. The molecule has 0 aliphatic carbocycles. The number of nitrogens with two attached hydrogens (primary N) is 1. The van der Waals surface area contributed by atoms with Crippen LogP contribution in [0.4, 0.5) is 0 Å². The van der Waals surface area contributed by atoms with Crippen molar-refractivity contribution in [1.29, 1.82) is 0 Å². The first-order chi connectivity index (χ1) is 26.9. The third-order valence-electron chi connectivity index (χ3n) is 10.5. The number of allylic oxidation sites excluding steroid dienone is 4. The van der Waals surface area contributed by atoms with Crippen molar-refractivity contribution in [3.63, 3.8) is 0 Å². The van der Waals surface area contributed by atoms with E-state index in [4.69, 9.17) is 15.2 Å². The van der Waals surface area contributed by atoms with E-state index in [2.05, 4.69) is 50.1 Å². The summed E-state index contributed by atoms with van der Waals surface area (Å²) in [5, 5.41) is 0. The highest BCUT2D eigenvalue weighted by Crippen LogP contribution is 2.15. The molecule has 0 aromatic rings. The van der Waals surface area contributed by atoms with E-state index >= 15 is 0 Å². The minimum atomic E-state index is -0.579. The Hall–Kier alpha value is -1.99. The summed E-state index contributed by atoms with van der Waals surface area (Å²) in [6.07, 6.45) is 44.0. The largest absolute Gasteiger partial charge is 0.462 e. The molecule has 0 heterocycles. The van der Waals surface area contributed by atoms with Crippen LogP contribution in [0.15, 0.2) is 24.3 Å². The summed E-state index contributed by atoms with van der Waals surface area (Å²) in [6, 6.07) is 0. The fraction of sp³-hybridized carbons (Fsp3) is 0.854. The number of hydrogen-bond donors (Lipinski definition) is 1. The standard InChI is InChI=1S/C48H90N2O5/c1-4-6-8-10-12-14-16-18-20-22-24-26-28-30-32-37-47(52)54-44-46(40-39-45(51)36-34-42-50(3)43-35-41-49)55-48(53)38-33-31-29-27-25-23-21-19-17-15-13-11-9-7-5-2/h18-21,46H,4-17,22-44,49H2,1-3H3/b20-18-,21-19-/t46-/m0/s1. The van der Waals surface area contributed by atoms with Crippen molar-refractivity contribution in [2.75, 3.05) is 33.3 Å². The van der Waals surface area contributed by atoms with E-state index in [1.54, 1.807) is 0 Å². The minimum Gasteiger partial charge on any atom is -0.462 e. The molecule has 0 aliphatic heterocycles. The lowest BCUT2D eigenvalue weighted by molar-refractivity contribution is -0.160. The van der Waals surface area contributed by atoms with E-state index in [-0.39, 0.29) is 24.3 Å². The highest BCUT2D eigenvalue weighted by Gasteiger charge is 2.19. The predicted octanol–water partition coefficient (Wildman–Crippen LogP) is 12.9. The van der Waals surface area contributed by atoms with E-state index in [1.165, 1.54) is 116 Å². The molecule has 0 amide bonds. The number of Topliss-reactive ketones (excluding diaryl/α,β-unsaturated/α-hetero) is 1. The summed E-state index contributed by atoms with van der Waals surface area (Å²) in [7, 11) is 2.05. The summed E-state index contributed by atoms with van der Waals surface area (Å²) in [5.41, 5.74) is 5.61. The van der Waals surface area contributed by atoms with Gasteiger partial charge in [0.25, 0.3) is 0 Å². The topological polar surface area (TPSA) is 98.9 Å². The molecule has 55 heavy (non-hydrogen) atoms. The number of nitrogens with zero attached hydrogens (tertiary/aromatic N) is 1. The number of ether oxygens (including phenoxy) is 2. The van der Waals surface area contributed by atoms with Crippen molar-refractivity contribution in [2.24, 2.45) is 5.73 Å². The summed E-state index contributed by atoms with van der Waals surface area (Å²) < 4.78 is 11.4. The van der Waals surface area contributed by atoms with Crippen LogP contribution in [0.2, 0.25) is 0 Å². The fourth-order valence-electron chi connectivity index (χ4n) is 6.83. The number of carbonyl (C=O) groups is 3. The fourth-order valence-corrected chi connectivity index (χ4v) is 6.83. The van der Waals surface area contributed by atoms with Gasteiger partial charge in [0.05, 0.1) is 0 Å². The zero-order chi connectivity index (χ0) is 40.3. The quantitative estimate of drug-likeness (QED) is 0.0374. The third-order valence-corrected chi connectivity index (χ3v) is 10.5. The first kappa shape index (κ1) is 53.0. The Labute approximate surface area is 340 Å². The molecule has 0 fully saturated rings. The molecule has 7 heteroatoms. The van der Waals surface area contributed by atoms with Gasteiger partial charge in [-0.25, -0.2) is 0 Å². The molecule has 0 radical (unpaired) electrons.